The number of fused-ring (bicyclic) bond motifs is 3. The molecule has 6 aromatic carbocycles. The van der Waals surface area contributed by atoms with E-state index in [2.05, 4.69) is 21.3 Å². The van der Waals surface area contributed by atoms with E-state index in [1.165, 1.54) is 78.3 Å². The van der Waals surface area contributed by atoms with Crippen molar-refractivity contribution in [2.45, 2.75) is 49.7 Å². The van der Waals surface area contributed by atoms with Gasteiger partial charge in [0, 0.05) is 45.8 Å². The molecule has 452 valence electrons. The standard InChI is InChI=1S/C21H23N3O5S.C20H22N4O5S.C19H20N2O4S/c1-22-21(27)23-14-6-9-16-17(11-14)30-18(20(26)24(16)12-19(25)29-3)10-13-4-7-15(28-2)8-5-13;1-21-20(27)22-13-5-8-15-16(10-13)30-17(19(26)24(15)11-18(25)23-28)9-12-3-6-14(29-2)7-4-12;1-24-14-6-3-12(4-7-14)9-17-19(23)21(11-18(22)25-2)15-8-5-13(20)10-16(15)26-17/h4-9,11,18H,10,12H2,1-3H3,(H2,22,23,27);3-8,10,17,28H,9,11H2,1-2H3,(H,23,25)(H2,21,22,27);3-8,10,17H,9,11,20H2,1-2H3. The number of thioether (sulfide) groups is 3. The number of hydrogen-bond donors (Lipinski definition) is 7. The van der Waals surface area contributed by atoms with E-state index < -0.39 is 28.3 Å². The third-order valence-electron chi connectivity index (χ3n) is 13.4. The van der Waals surface area contributed by atoms with Gasteiger partial charge in [-0.05, 0) is 127 Å². The van der Waals surface area contributed by atoms with Crippen LogP contribution in [0.3, 0.4) is 0 Å². The van der Waals surface area contributed by atoms with Crippen LogP contribution in [0.4, 0.5) is 43.7 Å². The molecule has 0 saturated heterocycles. The van der Waals surface area contributed by atoms with E-state index in [0.717, 1.165) is 48.6 Å². The van der Waals surface area contributed by atoms with Gasteiger partial charge in [-0.25, -0.2) is 15.1 Å². The van der Waals surface area contributed by atoms with Gasteiger partial charge in [-0.1, -0.05) is 36.4 Å². The summed E-state index contributed by atoms with van der Waals surface area (Å²) in [4.78, 5) is 105. The number of benzene rings is 6. The second kappa shape index (κ2) is 30.6. The lowest BCUT2D eigenvalue weighted by atomic mass is 10.1. The van der Waals surface area contributed by atoms with E-state index in [-0.39, 0.29) is 54.7 Å². The first-order valence-corrected chi connectivity index (χ1v) is 29.1. The van der Waals surface area contributed by atoms with Crippen molar-refractivity contribution in [3.8, 4) is 17.2 Å². The van der Waals surface area contributed by atoms with Gasteiger partial charge in [0.25, 0.3) is 5.91 Å². The van der Waals surface area contributed by atoms with Crippen LogP contribution in [0.5, 0.6) is 17.2 Å². The Hall–Kier alpha value is -9.11. The molecule has 3 atom stereocenters. The molecular formula is C60H65N9O14S3. The lowest BCUT2D eigenvalue weighted by Crippen LogP contribution is -2.46. The molecule has 86 heavy (non-hydrogen) atoms. The molecule has 0 spiro atoms. The summed E-state index contributed by atoms with van der Waals surface area (Å²) in [5.74, 6) is 0.0435. The number of carbonyl (C=O) groups is 8. The number of rotatable bonds is 17. The second-order valence-electron chi connectivity index (χ2n) is 18.9. The highest BCUT2D eigenvalue weighted by Crippen LogP contribution is 2.45. The highest BCUT2D eigenvalue weighted by Gasteiger charge is 2.38. The van der Waals surface area contributed by atoms with E-state index in [1.54, 1.807) is 75.3 Å². The lowest BCUT2D eigenvalue weighted by Gasteiger charge is -2.33. The maximum atomic E-state index is 13.2. The molecule has 8 amide bonds. The Balaban J connectivity index is 0.000000185. The molecule has 3 aliphatic heterocycles. The second-order valence-corrected chi connectivity index (χ2v) is 22.7. The molecule has 0 aromatic heterocycles. The zero-order chi connectivity index (χ0) is 62.0. The molecule has 0 saturated carbocycles. The first-order chi connectivity index (χ1) is 41.4. The largest absolute Gasteiger partial charge is 0.497 e. The van der Waals surface area contributed by atoms with Crippen LogP contribution in [0.25, 0.3) is 0 Å². The highest BCUT2D eigenvalue weighted by molar-refractivity contribution is 8.01. The van der Waals surface area contributed by atoms with Crippen molar-refractivity contribution in [3.05, 3.63) is 144 Å². The number of nitrogen functional groups attached to an aromatic ring is 1. The Labute approximate surface area is 509 Å². The van der Waals surface area contributed by atoms with Crippen molar-refractivity contribution < 1.29 is 67.2 Å². The Morgan fingerprint density at radius 3 is 1.12 bits per heavy atom. The number of urea groups is 2. The number of methoxy groups -OCH3 is 5. The van der Waals surface area contributed by atoms with Crippen LogP contribution in [0, 0.1) is 0 Å². The molecule has 0 radical (unpaired) electrons. The number of nitrogens with one attached hydrogen (secondary N) is 5. The van der Waals surface area contributed by atoms with Crippen molar-refractivity contribution >= 4 is 117 Å². The molecule has 3 aliphatic rings. The van der Waals surface area contributed by atoms with E-state index in [0.29, 0.717) is 53.4 Å². The van der Waals surface area contributed by atoms with Gasteiger partial charge in [0.2, 0.25) is 17.7 Å². The van der Waals surface area contributed by atoms with Gasteiger partial charge in [0.05, 0.1) is 68.4 Å². The summed E-state index contributed by atoms with van der Waals surface area (Å²) in [7, 11) is 10.4. The molecule has 3 unspecified atom stereocenters. The van der Waals surface area contributed by atoms with Crippen LogP contribution in [0.2, 0.25) is 0 Å². The van der Waals surface area contributed by atoms with Gasteiger partial charge >= 0.3 is 24.0 Å². The predicted molar refractivity (Wildman–Crippen MR) is 330 cm³/mol. The number of esters is 2. The normalized spacial score (nSPS) is 15.5. The zero-order valence-electron chi connectivity index (χ0n) is 48.0. The molecule has 6 aromatic rings. The first kappa shape index (κ1) is 64.5. The van der Waals surface area contributed by atoms with Crippen molar-refractivity contribution in [2.75, 3.05) is 100 Å². The van der Waals surface area contributed by atoms with E-state index in [4.69, 9.17) is 34.6 Å². The fraction of sp³-hybridized carbons (Fsp3) is 0.267. The van der Waals surface area contributed by atoms with Gasteiger partial charge in [-0.2, -0.15) is 0 Å². The van der Waals surface area contributed by atoms with E-state index >= 15 is 0 Å². The minimum atomic E-state index is -0.697. The van der Waals surface area contributed by atoms with Gasteiger partial charge in [-0.3, -0.25) is 43.8 Å². The molecule has 3 heterocycles. The number of amides is 8. The van der Waals surface area contributed by atoms with Gasteiger partial charge in [-0.15, -0.1) is 35.3 Å². The Morgan fingerprint density at radius 2 is 0.802 bits per heavy atom. The summed E-state index contributed by atoms with van der Waals surface area (Å²) >= 11 is 4.25. The molecule has 0 bridgehead atoms. The fourth-order valence-electron chi connectivity index (χ4n) is 8.91. The Bertz CT molecular complexity index is 3280. The molecular weight excluding hydrogens is 1170 g/mol. The SMILES string of the molecule is CNC(=O)Nc1ccc2c(c1)SC(Cc1ccc(OC)cc1)C(=O)N2CC(=O)NO.CNC(=O)Nc1ccc2c(c1)SC(Cc1ccc(OC)cc1)C(=O)N2CC(=O)OC.COC(=O)CN1C(=O)C(Cc2ccc(OC)cc2)Sc2cc(N)ccc21. The van der Waals surface area contributed by atoms with Crippen LogP contribution in [0.1, 0.15) is 16.7 Å². The summed E-state index contributed by atoms with van der Waals surface area (Å²) in [6.07, 6.45) is 1.47. The van der Waals surface area contributed by atoms with Crippen LogP contribution in [0.15, 0.2) is 142 Å². The summed E-state index contributed by atoms with van der Waals surface area (Å²) in [6.45, 7) is -0.611. The first-order valence-electron chi connectivity index (χ1n) is 26.5. The number of nitrogens with two attached hydrogens (primary N) is 1. The topological polar surface area (TPSA) is 299 Å². The third-order valence-corrected chi connectivity index (χ3v) is 17.1. The van der Waals surface area contributed by atoms with Gasteiger partial charge in [0.15, 0.2) is 0 Å². The van der Waals surface area contributed by atoms with E-state index in [9.17, 15) is 38.4 Å². The summed E-state index contributed by atoms with van der Waals surface area (Å²) in [5, 5.41) is 18.1. The molecule has 0 fully saturated rings. The average molecular weight is 1230 g/mol. The maximum Gasteiger partial charge on any atom is 0.325 e. The van der Waals surface area contributed by atoms with Crippen LogP contribution in [-0.2, 0) is 57.5 Å². The minimum Gasteiger partial charge on any atom is -0.497 e. The lowest BCUT2D eigenvalue weighted by molar-refractivity contribution is -0.140. The maximum absolute atomic E-state index is 13.2. The molecule has 9 rings (SSSR count). The minimum absolute atomic E-state index is 0.117. The third kappa shape index (κ3) is 16.8. The molecule has 8 N–H and O–H groups in total. The number of hydroxylamine groups is 1. The molecule has 0 aliphatic carbocycles. The monoisotopic (exact) mass is 1230 g/mol. The summed E-state index contributed by atoms with van der Waals surface area (Å²) < 4.78 is 25.0. The predicted octanol–water partition coefficient (Wildman–Crippen LogP) is 7.17. The number of nitrogens with zero attached hydrogens (tertiary/aromatic N) is 3. The van der Waals surface area contributed by atoms with Crippen LogP contribution >= 0.6 is 35.3 Å². The summed E-state index contributed by atoms with van der Waals surface area (Å²) in [6, 6.07) is 37.4. The number of carbonyl (C=O) groups excluding carboxylic acids is 8. The van der Waals surface area contributed by atoms with Crippen molar-refractivity contribution in [3.63, 3.8) is 0 Å². The highest BCUT2D eigenvalue weighted by atomic mass is 32.2. The van der Waals surface area contributed by atoms with Crippen LogP contribution < -0.4 is 61.4 Å². The van der Waals surface area contributed by atoms with Crippen molar-refractivity contribution in [1.82, 2.24) is 16.1 Å². The number of hydrogen-bond acceptors (Lipinski definition) is 18. The summed E-state index contributed by atoms with van der Waals surface area (Å²) in [5.41, 5.74) is 14.0. The fourth-order valence-corrected chi connectivity index (χ4v) is 12.8. The number of ether oxygens (including phenoxy) is 5. The molecule has 23 nitrogen and oxygen atoms in total. The van der Waals surface area contributed by atoms with Gasteiger partial charge in [0.1, 0.15) is 36.9 Å². The van der Waals surface area contributed by atoms with E-state index in [1.807, 2.05) is 78.9 Å². The number of anilines is 6. The van der Waals surface area contributed by atoms with Gasteiger partial charge < -0.3 is 55.6 Å². The Kier molecular flexibility index (Phi) is 23.0. The smallest absolute Gasteiger partial charge is 0.325 e. The quantitative estimate of drug-likeness (QED) is 0.0206. The van der Waals surface area contributed by atoms with Crippen molar-refractivity contribution in [1.29, 1.82) is 0 Å². The average Bonchev–Trinajstić information content (AvgIpc) is 1.38. The van der Waals surface area contributed by atoms with Crippen molar-refractivity contribution in [2.24, 2.45) is 0 Å². The molecule has 26 heteroatoms. The van der Waals surface area contributed by atoms with Crippen LogP contribution in [-0.4, -0.2) is 138 Å². The zero-order valence-corrected chi connectivity index (χ0v) is 50.4. The Morgan fingerprint density at radius 1 is 0.477 bits per heavy atom.